The highest BCUT2D eigenvalue weighted by Gasteiger charge is 2.10. The van der Waals surface area contributed by atoms with E-state index in [1.54, 1.807) is 12.1 Å². The fraction of sp³-hybridized carbons (Fsp3) is 0.111. The van der Waals surface area contributed by atoms with E-state index < -0.39 is 5.91 Å². The minimum atomic E-state index is -0.538. The number of phenolic OH excluding ortho intramolecular Hbond substituents is 2. The summed E-state index contributed by atoms with van der Waals surface area (Å²) in [5.74, 6) is -1.11. The molecular weight excluding hydrogens is 292 g/mol. The number of nitriles is 1. The van der Waals surface area contributed by atoms with Crippen LogP contribution in [0.25, 0.3) is 6.08 Å². The van der Waals surface area contributed by atoms with Gasteiger partial charge in [0, 0.05) is 5.69 Å². The van der Waals surface area contributed by atoms with Gasteiger partial charge in [-0.15, -0.1) is 0 Å². The molecule has 2 aromatic rings. The topological polar surface area (TPSA) is 93.4 Å². The Morgan fingerprint density at radius 2 is 1.87 bits per heavy atom. The van der Waals surface area contributed by atoms with Gasteiger partial charge in [0.05, 0.1) is 0 Å². The fourth-order valence-electron chi connectivity index (χ4n) is 1.97. The molecule has 0 atom stereocenters. The molecule has 0 aliphatic carbocycles. The molecule has 0 saturated heterocycles. The van der Waals surface area contributed by atoms with E-state index in [1.807, 2.05) is 25.1 Å². The summed E-state index contributed by atoms with van der Waals surface area (Å²) in [5.41, 5.74) is 2.09. The van der Waals surface area contributed by atoms with Gasteiger partial charge in [-0.05, 0) is 47.9 Å². The van der Waals surface area contributed by atoms with Gasteiger partial charge in [-0.3, -0.25) is 4.79 Å². The SMILES string of the molecule is CCc1ccc(NC(=O)/C(C#N)=C/c2ccc(O)c(O)c2)cc1. The number of aromatic hydroxyl groups is 2. The first-order valence-electron chi connectivity index (χ1n) is 7.07. The summed E-state index contributed by atoms with van der Waals surface area (Å²) in [6.07, 6.45) is 2.25. The van der Waals surface area contributed by atoms with Crippen molar-refractivity contribution in [2.45, 2.75) is 13.3 Å². The van der Waals surface area contributed by atoms with Crippen LogP contribution in [0.5, 0.6) is 11.5 Å². The lowest BCUT2D eigenvalue weighted by atomic mass is 10.1. The van der Waals surface area contributed by atoms with Crippen LogP contribution in [0.2, 0.25) is 0 Å². The van der Waals surface area contributed by atoms with Gasteiger partial charge in [-0.25, -0.2) is 0 Å². The van der Waals surface area contributed by atoms with Crippen molar-refractivity contribution in [2.75, 3.05) is 5.32 Å². The minimum Gasteiger partial charge on any atom is -0.504 e. The van der Waals surface area contributed by atoms with Gasteiger partial charge in [0.1, 0.15) is 11.6 Å². The first-order valence-corrected chi connectivity index (χ1v) is 7.07. The second kappa shape index (κ2) is 7.14. The first-order chi connectivity index (χ1) is 11.0. The molecule has 2 aromatic carbocycles. The van der Waals surface area contributed by atoms with E-state index in [9.17, 15) is 15.0 Å². The molecule has 0 aromatic heterocycles. The molecule has 0 radical (unpaired) electrons. The van der Waals surface area contributed by atoms with Crippen LogP contribution < -0.4 is 5.32 Å². The van der Waals surface area contributed by atoms with Crippen LogP contribution in [-0.2, 0) is 11.2 Å². The molecule has 116 valence electrons. The predicted octanol–water partition coefficient (Wildman–Crippen LogP) is 3.21. The number of carbonyl (C=O) groups excluding carboxylic acids is 1. The van der Waals surface area contributed by atoms with Crippen molar-refractivity contribution in [3.05, 3.63) is 59.2 Å². The Morgan fingerprint density at radius 1 is 1.17 bits per heavy atom. The third kappa shape index (κ3) is 4.11. The zero-order chi connectivity index (χ0) is 16.8. The molecule has 0 unspecified atom stereocenters. The number of anilines is 1. The highest BCUT2D eigenvalue weighted by molar-refractivity contribution is 6.09. The Labute approximate surface area is 134 Å². The van der Waals surface area contributed by atoms with Gasteiger partial charge >= 0.3 is 0 Å². The van der Waals surface area contributed by atoms with Gasteiger partial charge in [0.15, 0.2) is 11.5 Å². The summed E-state index contributed by atoms with van der Waals surface area (Å²) in [6, 6.07) is 13.3. The predicted molar refractivity (Wildman–Crippen MR) is 87.8 cm³/mol. The monoisotopic (exact) mass is 308 g/mol. The standard InChI is InChI=1S/C18H16N2O3/c1-2-12-3-6-15(7-4-12)20-18(23)14(11-19)9-13-5-8-16(21)17(22)10-13/h3-10,21-22H,2H2,1H3,(H,20,23)/b14-9+. The Bertz CT molecular complexity index is 787. The number of rotatable bonds is 4. The van der Waals surface area contributed by atoms with Gasteiger partial charge < -0.3 is 15.5 Å². The third-order valence-corrected chi connectivity index (χ3v) is 3.30. The molecule has 23 heavy (non-hydrogen) atoms. The van der Waals surface area contributed by atoms with Crippen LogP contribution in [0, 0.1) is 11.3 Å². The maximum absolute atomic E-state index is 12.1. The van der Waals surface area contributed by atoms with Crippen LogP contribution in [0.4, 0.5) is 5.69 Å². The molecule has 0 spiro atoms. The number of hydrogen-bond donors (Lipinski definition) is 3. The van der Waals surface area contributed by atoms with Gasteiger partial charge in [-0.1, -0.05) is 25.1 Å². The van der Waals surface area contributed by atoms with Crippen LogP contribution >= 0.6 is 0 Å². The number of aryl methyl sites for hydroxylation is 1. The summed E-state index contributed by atoms with van der Waals surface area (Å²) < 4.78 is 0. The molecule has 3 N–H and O–H groups in total. The molecular formula is C18H16N2O3. The van der Waals surface area contributed by atoms with Gasteiger partial charge in [0.2, 0.25) is 0 Å². The largest absolute Gasteiger partial charge is 0.504 e. The normalized spacial score (nSPS) is 10.9. The minimum absolute atomic E-state index is 0.102. The smallest absolute Gasteiger partial charge is 0.266 e. The van der Waals surface area contributed by atoms with Crippen molar-refractivity contribution in [3.63, 3.8) is 0 Å². The number of benzene rings is 2. The Hall–Kier alpha value is -3.26. The molecule has 5 heteroatoms. The van der Waals surface area contributed by atoms with Crippen LogP contribution in [0.15, 0.2) is 48.0 Å². The highest BCUT2D eigenvalue weighted by atomic mass is 16.3. The zero-order valence-corrected chi connectivity index (χ0v) is 12.6. The molecule has 1 amide bonds. The van der Waals surface area contributed by atoms with Crippen molar-refractivity contribution in [1.82, 2.24) is 0 Å². The summed E-state index contributed by atoms with van der Waals surface area (Å²) in [6.45, 7) is 2.04. The number of amides is 1. The van der Waals surface area contributed by atoms with E-state index in [-0.39, 0.29) is 17.1 Å². The van der Waals surface area contributed by atoms with Crippen molar-refractivity contribution in [2.24, 2.45) is 0 Å². The molecule has 0 fully saturated rings. The van der Waals surface area contributed by atoms with E-state index in [2.05, 4.69) is 5.32 Å². The average Bonchev–Trinajstić information content (AvgIpc) is 2.56. The molecule has 0 bridgehead atoms. The molecule has 5 nitrogen and oxygen atoms in total. The Kier molecular flexibility index (Phi) is 5.00. The fourth-order valence-corrected chi connectivity index (χ4v) is 1.97. The molecule has 0 saturated carbocycles. The lowest BCUT2D eigenvalue weighted by Gasteiger charge is -2.05. The second-order valence-electron chi connectivity index (χ2n) is 4.92. The third-order valence-electron chi connectivity index (χ3n) is 3.30. The first kappa shape index (κ1) is 16.1. The van der Waals surface area contributed by atoms with Crippen LogP contribution in [-0.4, -0.2) is 16.1 Å². The van der Waals surface area contributed by atoms with Gasteiger partial charge in [-0.2, -0.15) is 5.26 Å². The second-order valence-corrected chi connectivity index (χ2v) is 4.92. The zero-order valence-electron chi connectivity index (χ0n) is 12.6. The van der Waals surface area contributed by atoms with Crippen molar-refractivity contribution >= 4 is 17.7 Å². The number of nitrogens with one attached hydrogen (secondary N) is 1. The summed E-state index contributed by atoms with van der Waals surface area (Å²) in [4.78, 5) is 12.1. The maximum Gasteiger partial charge on any atom is 0.266 e. The average molecular weight is 308 g/mol. The Balaban J connectivity index is 2.18. The summed E-state index contributed by atoms with van der Waals surface area (Å²) in [5, 5.41) is 30.5. The van der Waals surface area contributed by atoms with E-state index >= 15 is 0 Å². The van der Waals surface area contributed by atoms with E-state index in [1.165, 1.54) is 24.3 Å². The summed E-state index contributed by atoms with van der Waals surface area (Å²) in [7, 11) is 0. The number of phenols is 2. The number of carbonyl (C=O) groups is 1. The van der Waals surface area contributed by atoms with Crippen LogP contribution in [0.3, 0.4) is 0 Å². The Morgan fingerprint density at radius 3 is 2.43 bits per heavy atom. The van der Waals surface area contributed by atoms with Crippen molar-refractivity contribution in [1.29, 1.82) is 5.26 Å². The van der Waals surface area contributed by atoms with Gasteiger partial charge in [0.25, 0.3) is 5.91 Å². The summed E-state index contributed by atoms with van der Waals surface area (Å²) >= 11 is 0. The number of nitrogens with zero attached hydrogens (tertiary/aromatic N) is 1. The molecule has 0 heterocycles. The van der Waals surface area contributed by atoms with Crippen molar-refractivity contribution in [3.8, 4) is 17.6 Å². The maximum atomic E-state index is 12.1. The number of hydrogen-bond acceptors (Lipinski definition) is 4. The van der Waals surface area contributed by atoms with E-state index in [0.717, 1.165) is 12.0 Å². The van der Waals surface area contributed by atoms with Crippen molar-refractivity contribution < 1.29 is 15.0 Å². The highest BCUT2D eigenvalue weighted by Crippen LogP contribution is 2.26. The van der Waals surface area contributed by atoms with E-state index in [4.69, 9.17) is 5.26 Å². The lowest BCUT2D eigenvalue weighted by molar-refractivity contribution is -0.112. The lowest BCUT2D eigenvalue weighted by Crippen LogP contribution is -2.13. The molecule has 0 aliphatic rings. The van der Waals surface area contributed by atoms with E-state index in [0.29, 0.717) is 11.3 Å². The molecule has 0 aliphatic heterocycles. The van der Waals surface area contributed by atoms with Crippen LogP contribution in [0.1, 0.15) is 18.1 Å². The molecule has 2 rings (SSSR count). The quantitative estimate of drug-likeness (QED) is 0.459.